The molecule has 30 heavy (non-hydrogen) atoms. The van der Waals surface area contributed by atoms with Crippen LogP contribution in [0.2, 0.25) is 0 Å². The standard InChI is InChI=1S/C22H26N2O5S/c1-27-19-4-5-21-17(12-19)6-7-23-15-18-13-20(3-2-16(18)14-22(21)23)29-30(25,26)24-8-10-28-11-9-24/h2-5,12-13,22H,6-11,14-15H2,1H3. The second-order valence-corrected chi connectivity index (χ2v) is 9.53. The summed E-state index contributed by atoms with van der Waals surface area (Å²) in [5.41, 5.74) is 5.10. The fourth-order valence-corrected chi connectivity index (χ4v) is 5.72. The van der Waals surface area contributed by atoms with E-state index in [4.69, 9.17) is 13.7 Å². The van der Waals surface area contributed by atoms with E-state index in [0.29, 0.717) is 38.1 Å². The van der Waals surface area contributed by atoms with Crippen molar-refractivity contribution in [1.29, 1.82) is 0 Å². The summed E-state index contributed by atoms with van der Waals surface area (Å²) in [4.78, 5) is 2.47. The molecule has 3 aliphatic rings. The van der Waals surface area contributed by atoms with Crippen LogP contribution in [0.15, 0.2) is 36.4 Å². The van der Waals surface area contributed by atoms with Crippen molar-refractivity contribution >= 4 is 10.3 Å². The van der Waals surface area contributed by atoms with E-state index >= 15 is 0 Å². The molecule has 0 aliphatic carbocycles. The smallest absolute Gasteiger partial charge is 0.385 e. The van der Waals surface area contributed by atoms with E-state index < -0.39 is 10.3 Å². The number of rotatable bonds is 4. The molecule has 0 radical (unpaired) electrons. The zero-order chi connectivity index (χ0) is 20.7. The Morgan fingerprint density at radius 1 is 0.967 bits per heavy atom. The summed E-state index contributed by atoms with van der Waals surface area (Å²) >= 11 is 0. The molecule has 0 N–H and O–H groups in total. The first kappa shape index (κ1) is 19.8. The van der Waals surface area contributed by atoms with Gasteiger partial charge in [-0.1, -0.05) is 12.1 Å². The maximum atomic E-state index is 12.6. The highest BCUT2D eigenvalue weighted by Crippen LogP contribution is 2.40. The van der Waals surface area contributed by atoms with Crippen LogP contribution in [-0.4, -0.2) is 57.6 Å². The molecule has 0 aromatic heterocycles. The molecule has 3 aliphatic heterocycles. The zero-order valence-corrected chi connectivity index (χ0v) is 17.9. The number of nitrogens with zero attached hydrogens (tertiary/aromatic N) is 2. The molecule has 8 heteroatoms. The van der Waals surface area contributed by atoms with Gasteiger partial charge in [0.2, 0.25) is 0 Å². The molecule has 2 aromatic rings. The number of hydrogen-bond acceptors (Lipinski definition) is 6. The lowest BCUT2D eigenvalue weighted by Crippen LogP contribution is -2.42. The van der Waals surface area contributed by atoms with Crippen molar-refractivity contribution in [2.45, 2.75) is 25.4 Å². The average Bonchev–Trinajstić information content (AvgIpc) is 2.77. The van der Waals surface area contributed by atoms with Crippen LogP contribution >= 0.6 is 0 Å². The molecule has 0 saturated carbocycles. The summed E-state index contributed by atoms with van der Waals surface area (Å²) < 4.78 is 42.5. The number of hydrogen-bond donors (Lipinski definition) is 0. The number of fused-ring (bicyclic) bond motifs is 4. The summed E-state index contributed by atoms with van der Waals surface area (Å²) in [6, 6.07) is 12.4. The highest BCUT2D eigenvalue weighted by Gasteiger charge is 2.33. The van der Waals surface area contributed by atoms with Crippen molar-refractivity contribution in [3.8, 4) is 11.5 Å². The fraction of sp³-hybridized carbons (Fsp3) is 0.455. The third-order valence-corrected chi connectivity index (χ3v) is 7.67. The Bertz CT molecular complexity index is 1050. The summed E-state index contributed by atoms with van der Waals surface area (Å²) in [7, 11) is -2.10. The van der Waals surface area contributed by atoms with Gasteiger partial charge < -0.3 is 13.7 Å². The molecule has 1 atom stereocenters. The molecule has 0 spiro atoms. The predicted octanol–water partition coefficient (Wildman–Crippen LogP) is 2.31. The van der Waals surface area contributed by atoms with Gasteiger partial charge in [0.05, 0.1) is 20.3 Å². The van der Waals surface area contributed by atoms with E-state index in [1.807, 2.05) is 18.2 Å². The van der Waals surface area contributed by atoms with E-state index in [0.717, 1.165) is 37.2 Å². The molecule has 160 valence electrons. The lowest BCUT2D eigenvalue weighted by atomic mass is 9.84. The molecule has 1 unspecified atom stereocenters. The number of morpholine rings is 1. The van der Waals surface area contributed by atoms with Gasteiger partial charge in [-0.05, 0) is 59.4 Å². The minimum Gasteiger partial charge on any atom is -0.497 e. The third-order valence-electron chi connectivity index (χ3n) is 6.27. The van der Waals surface area contributed by atoms with Crippen molar-refractivity contribution in [2.75, 3.05) is 40.0 Å². The van der Waals surface area contributed by atoms with Crippen LogP contribution in [0.1, 0.15) is 28.3 Å². The highest BCUT2D eigenvalue weighted by molar-refractivity contribution is 7.84. The Morgan fingerprint density at radius 3 is 2.53 bits per heavy atom. The summed E-state index contributed by atoms with van der Waals surface area (Å²) in [5.74, 6) is 1.28. The quantitative estimate of drug-likeness (QED) is 0.742. The second-order valence-electron chi connectivity index (χ2n) is 7.99. The van der Waals surface area contributed by atoms with Gasteiger partial charge >= 0.3 is 10.3 Å². The van der Waals surface area contributed by atoms with Gasteiger partial charge in [0.25, 0.3) is 0 Å². The fourth-order valence-electron chi connectivity index (χ4n) is 4.67. The first-order valence-corrected chi connectivity index (χ1v) is 11.7. The van der Waals surface area contributed by atoms with E-state index in [1.54, 1.807) is 13.2 Å². The van der Waals surface area contributed by atoms with Crippen molar-refractivity contribution < 1.29 is 22.1 Å². The van der Waals surface area contributed by atoms with Crippen LogP contribution in [0.3, 0.4) is 0 Å². The van der Waals surface area contributed by atoms with Gasteiger partial charge in [0.15, 0.2) is 0 Å². The largest absolute Gasteiger partial charge is 0.497 e. The molecular formula is C22H26N2O5S. The van der Waals surface area contributed by atoms with Crippen LogP contribution in [0.5, 0.6) is 11.5 Å². The van der Waals surface area contributed by atoms with Gasteiger partial charge in [0.1, 0.15) is 11.5 Å². The van der Waals surface area contributed by atoms with Crippen molar-refractivity contribution in [3.05, 3.63) is 58.7 Å². The Hall–Kier alpha value is -2.13. The van der Waals surface area contributed by atoms with Crippen molar-refractivity contribution in [3.63, 3.8) is 0 Å². The minimum atomic E-state index is -3.81. The van der Waals surface area contributed by atoms with Crippen LogP contribution in [0.4, 0.5) is 0 Å². The topological polar surface area (TPSA) is 68.3 Å². The van der Waals surface area contributed by atoms with Crippen molar-refractivity contribution in [1.82, 2.24) is 9.21 Å². The summed E-state index contributed by atoms with van der Waals surface area (Å²) in [6.07, 6.45) is 1.89. The summed E-state index contributed by atoms with van der Waals surface area (Å²) in [6.45, 7) is 3.22. The number of benzene rings is 2. The van der Waals surface area contributed by atoms with Crippen LogP contribution in [0, 0.1) is 0 Å². The molecule has 0 bridgehead atoms. The van der Waals surface area contributed by atoms with Crippen LogP contribution in [-0.2, 0) is 34.4 Å². The zero-order valence-electron chi connectivity index (χ0n) is 17.0. The van der Waals surface area contributed by atoms with Crippen LogP contribution < -0.4 is 8.92 Å². The van der Waals surface area contributed by atoms with E-state index in [9.17, 15) is 8.42 Å². The van der Waals surface area contributed by atoms with Gasteiger partial charge in [0, 0.05) is 32.2 Å². The molecule has 2 aromatic carbocycles. The maximum Gasteiger partial charge on any atom is 0.385 e. The van der Waals surface area contributed by atoms with Crippen LogP contribution in [0.25, 0.3) is 0 Å². The maximum absolute atomic E-state index is 12.6. The Balaban J connectivity index is 1.37. The third kappa shape index (κ3) is 3.69. The van der Waals surface area contributed by atoms with E-state index in [1.165, 1.54) is 21.0 Å². The minimum absolute atomic E-state index is 0.326. The first-order valence-electron chi connectivity index (χ1n) is 10.3. The molecule has 0 amide bonds. The predicted molar refractivity (Wildman–Crippen MR) is 112 cm³/mol. The first-order chi connectivity index (χ1) is 14.5. The second kappa shape index (κ2) is 7.85. The number of methoxy groups -OCH3 is 1. The van der Waals surface area contributed by atoms with E-state index in [-0.39, 0.29) is 0 Å². The summed E-state index contributed by atoms with van der Waals surface area (Å²) in [5, 5.41) is 0. The lowest BCUT2D eigenvalue weighted by molar-refractivity contribution is 0.0698. The van der Waals surface area contributed by atoms with Gasteiger partial charge in [-0.15, -0.1) is 0 Å². The molecule has 5 rings (SSSR count). The van der Waals surface area contributed by atoms with Gasteiger partial charge in [-0.3, -0.25) is 4.90 Å². The molecule has 1 saturated heterocycles. The van der Waals surface area contributed by atoms with Gasteiger partial charge in [-0.2, -0.15) is 12.7 Å². The Labute approximate surface area is 177 Å². The van der Waals surface area contributed by atoms with E-state index in [2.05, 4.69) is 17.0 Å². The SMILES string of the molecule is COc1ccc2c(c1)CCN1Cc3cc(OS(=O)(=O)N4CCOCC4)ccc3CC21. The molecule has 1 fully saturated rings. The number of ether oxygens (including phenoxy) is 2. The normalized spacial score (nSPS) is 22.0. The Morgan fingerprint density at radius 2 is 1.73 bits per heavy atom. The van der Waals surface area contributed by atoms with Crippen molar-refractivity contribution in [2.24, 2.45) is 0 Å². The molecule has 3 heterocycles. The lowest BCUT2D eigenvalue weighted by Gasteiger charge is -2.41. The monoisotopic (exact) mass is 430 g/mol. The Kier molecular flexibility index (Phi) is 5.18. The molecule has 7 nitrogen and oxygen atoms in total. The molecular weight excluding hydrogens is 404 g/mol. The highest BCUT2D eigenvalue weighted by atomic mass is 32.2. The van der Waals surface area contributed by atoms with Gasteiger partial charge in [-0.25, -0.2) is 0 Å². The average molecular weight is 431 g/mol.